The molecule has 4 saturated carbocycles. The van der Waals surface area contributed by atoms with Crippen molar-refractivity contribution in [2.45, 2.75) is 77.0 Å². The molecule has 4 bridgehead atoms. The van der Waals surface area contributed by atoms with Crippen LogP contribution in [0.15, 0.2) is 42.6 Å². The minimum Gasteiger partial charge on any atom is -0.484 e. The van der Waals surface area contributed by atoms with Crippen LogP contribution in [0.3, 0.4) is 0 Å². The number of hydrogen-bond acceptors (Lipinski definition) is 6. The minimum absolute atomic E-state index is 0.0633. The molecule has 2 aromatic rings. The quantitative estimate of drug-likeness (QED) is 0.389. The molecule has 6 rings (SSSR count). The molecule has 1 aromatic heterocycles. The highest BCUT2D eigenvalue weighted by Crippen LogP contribution is 2.55. The van der Waals surface area contributed by atoms with Crippen molar-refractivity contribution in [2.24, 2.45) is 23.7 Å². The van der Waals surface area contributed by atoms with Gasteiger partial charge in [0.2, 0.25) is 5.88 Å². The first-order valence-electron chi connectivity index (χ1n) is 14.4. The summed E-state index contributed by atoms with van der Waals surface area (Å²) in [5.41, 5.74) is -0.869. The van der Waals surface area contributed by atoms with Gasteiger partial charge in [-0.05, 0) is 87.8 Å². The van der Waals surface area contributed by atoms with Crippen molar-refractivity contribution in [2.75, 3.05) is 13.2 Å². The topological polar surface area (TPSA) is 115 Å². The molecule has 0 aliphatic heterocycles. The number of ether oxygens (including phenoxy) is 2. The summed E-state index contributed by atoms with van der Waals surface area (Å²) < 4.78 is 13.2. The molecule has 216 valence electrons. The van der Waals surface area contributed by atoms with Crippen LogP contribution in [-0.4, -0.2) is 57.1 Å². The summed E-state index contributed by atoms with van der Waals surface area (Å²) in [5.74, 6) is 2.00. The highest BCUT2D eigenvalue weighted by molar-refractivity contribution is 5.96. The molecule has 9 heteroatoms. The van der Waals surface area contributed by atoms with Crippen molar-refractivity contribution < 1.29 is 24.2 Å². The molecule has 40 heavy (non-hydrogen) atoms. The Morgan fingerprint density at radius 3 is 2.50 bits per heavy atom. The van der Waals surface area contributed by atoms with Crippen LogP contribution in [0.1, 0.15) is 70.2 Å². The molecular weight excluding hydrogens is 508 g/mol. The van der Waals surface area contributed by atoms with E-state index in [4.69, 9.17) is 9.47 Å². The molecule has 4 aliphatic carbocycles. The van der Waals surface area contributed by atoms with Gasteiger partial charge in [0.1, 0.15) is 11.3 Å². The predicted octanol–water partition coefficient (Wildman–Crippen LogP) is 4.03. The van der Waals surface area contributed by atoms with E-state index in [0.29, 0.717) is 41.6 Å². The van der Waals surface area contributed by atoms with Gasteiger partial charge in [-0.25, -0.2) is 4.68 Å². The number of nitrogens with zero attached hydrogens (tertiary/aromatic N) is 2. The van der Waals surface area contributed by atoms with Crippen LogP contribution in [0.2, 0.25) is 0 Å². The molecule has 0 spiro atoms. The number of rotatable bonds is 11. The fourth-order valence-corrected chi connectivity index (χ4v) is 6.81. The van der Waals surface area contributed by atoms with Crippen molar-refractivity contribution in [3.8, 4) is 11.6 Å². The number of carbonyl (C=O) groups excluding carboxylic acids is 2. The first-order chi connectivity index (χ1) is 19.0. The number of aliphatic hydroxyl groups is 1. The van der Waals surface area contributed by atoms with E-state index < -0.39 is 11.1 Å². The number of amides is 2. The molecule has 1 heterocycles. The highest BCUT2D eigenvalue weighted by Gasteiger charge is 2.55. The number of carbonyl (C=O) groups is 2. The van der Waals surface area contributed by atoms with Gasteiger partial charge >= 0.3 is 0 Å². The molecule has 3 N–H and O–H groups in total. The standard InChI is InChI=1S/C31H42N4O5/c1-20(2)18-40-29-25(28(37)33-27-22-12-21-13-23(27)16-31(38,14-21)15-22)17-32-35(29)11-10-30(3,4)34-26(36)19-39-24-8-6-5-7-9-24/h5-11,17,20-23,27,38H,12-16,18-19H2,1-4H3,(H,33,37)(H,34,36)/b11-10+. The van der Waals surface area contributed by atoms with Gasteiger partial charge in [0.25, 0.3) is 11.8 Å². The van der Waals surface area contributed by atoms with Gasteiger partial charge in [-0.1, -0.05) is 32.0 Å². The zero-order chi connectivity index (χ0) is 28.5. The average Bonchev–Trinajstić information content (AvgIpc) is 3.29. The van der Waals surface area contributed by atoms with E-state index in [-0.39, 0.29) is 30.4 Å². The van der Waals surface area contributed by atoms with Crippen molar-refractivity contribution in [3.05, 3.63) is 48.2 Å². The number of benzene rings is 1. The largest absolute Gasteiger partial charge is 0.484 e. The smallest absolute Gasteiger partial charge is 0.258 e. The number of hydrogen-bond donors (Lipinski definition) is 3. The molecule has 0 radical (unpaired) electrons. The van der Waals surface area contributed by atoms with Gasteiger partial charge in [-0.3, -0.25) is 9.59 Å². The maximum Gasteiger partial charge on any atom is 0.258 e. The normalized spacial score (nSPS) is 27.2. The zero-order valence-electron chi connectivity index (χ0n) is 23.9. The zero-order valence-corrected chi connectivity index (χ0v) is 23.9. The van der Waals surface area contributed by atoms with Crippen LogP contribution >= 0.6 is 0 Å². The third kappa shape index (κ3) is 6.52. The highest BCUT2D eigenvalue weighted by atomic mass is 16.5. The lowest BCUT2D eigenvalue weighted by Gasteiger charge is -2.58. The fourth-order valence-electron chi connectivity index (χ4n) is 6.81. The lowest BCUT2D eigenvalue weighted by atomic mass is 9.52. The third-order valence-electron chi connectivity index (χ3n) is 8.29. The van der Waals surface area contributed by atoms with Crippen molar-refractivity contribution in [3.63, 3.8) is 0 Å². The summed E-state index contributed by atoms with van der Waals surface area (Å²) in [4.78, 5) is 26.0. The number of nitrogens with one attached hydrogen (secondary N) is 2. The van der Waals surface area contributed by atoms with E-state index >= 15 is 0 Å². The second kappa shape index (κ2) is 11.3. The van der Waals surface area contributed by atoms with Gasteiger partial charge in [0.15, 0.2) is 6.61 Å². The van der Waals surface area contributed by atoms with Crippen molar-refractivity contribution in [1.82, 2.24) is 20.4 Å². The number of aromatic nitrogens is 2. The van der Waals surface area contributed by atoms with Crippen molar-refractivity contribution in [1.29, 1.82) is 0 Å². The van der Waals surface area contributed by atoms with Gasteiger partial charge in [0.05, 0.1) is 23.9 Å². The Kier molecular flexibility index (Phi) is 7.95. The summed E-state index contributed by atoms with van der Waals surface area (Å²) in [7, 11) is 0. The summed E-state index contributed by atoms with van der Waals surface area (Å²) in [6, 6.07) is 9.25. The monoisotopic (exact) mass is 550 g/mol. The maximum atomic E-state index is 13.5. The maximum absolute atomic E-state index is 13.5. The van der Waals surface area contributed by atoms with Crippen molar-refractivity contribution >= 4 is 18.0 Å². The van der Waals surface area contributed by atoms with Crippen LogP contribution in [0.25, 0.3) is 6.20 Å². The number of para-hydroxylation sites is 1. The van der Waals surface area contributed by atoms with Gasteiger partial charge in [-0.2, -0.15) is 5.10 Å². The lowest BCUT2D eigenvalue weighted by Crippen LogP contribution is -2.61. The molecular formula is C31H42N4O5. The first-order valence-corrected chi connectivity index (χ1v) is 14.4. The van der Waals surface area contributed by atoms with Crippen LogP contribution in [-0.2, 0) is 4.79 Å². The molecule has 4 fully saturated rings. The van der Waals surface area contributed by atoms with E-state index in [1.165, 1.54) is 6.20 Å². The molecule has 4 aliphatic rings. The van der Waals surface area contributed by atoms with E-state index in [2.05, 4.69) is 15.7 Å². The summed E-state index contributed by atoms with van der Waals surface area (Å²) in [6.45, 7) is 8.17. The molecule has 2 atom stereocenters. The van der Waals surface area contributed by atoms with Gasteiger partial charge in [0, 0.05) is 12.2 Å². The Balaban J connectivity index is 1.26. The Labute approximate surface area is 236 Å². The SMILES string of the molecule is CC(C)COc1c(C(=O)NC2C3CC4CC2CC(O)(C4)C3)cnn1/C=C/C(C)(C)NC(=O)COc1ccccc1. The van der Waals surface area contributed by atoms with Gasteiger partial charge in [-0.15, -0.1) is 0 Å². The lowest BCUT2D eigenvalue weighted by molar-refractivity contribution is -0.137. The van der Waals surface area contributed by atoms with Crippen LogP contribution in [0.5, 0.6) is 11.6 Å². The molecule has 2 unspecified atom stereocenters. The fraction of sp³-hybridized carbons (Fsp3) is 0.581. The Morgan fingerprint density at radius 1 is 1.15 bits per heavy atom. The molecule has 0 saturated heterocycles. The van der Waals surface area contributed by atoms with Crippen LogP contribution < -0.4 is 20.1 Å². The predicted molar refractivity (Wildman–Crippen MR) is 152 cm³/mol. The molecule has 2 amide bonds. The molecule has 9 nitrogen and oxygen atoms in total. The van der Waals surface area contributed by atoms with Crippen LogP contribution in [0, 0.1) is 23.7 Å². The second-order valence-corrected chi connectivity index (χ2v) is 12.9. The van der Waals surface area contributed by atoms with E-state index in [1.54, 1.807) is 23.0 Å². The average molecular weight is 551 g/mol. The van der Waals surface area contributed by atoms with E-state index in [0.717, 1.165) is 32.1 Å². The van der Waals surface area contributed by atoms with E-state index in [1.807, 2.05) is 52.0 Å². The minimum atomic E-state index is -0.707. The van der Waals surface area contributed by atoms with Gasteiger partial charge < -0.3 is 25.2 Å². The third-order valence-corrected chi connectivity index (χ3v) is 8.29. The van der Waals surface area contributed by atoms with E-state index in [9.17, 15) is 14.7 Å². The summed E-state index contributed by atoms with van der Waals surface area (Å²) >= 11 is 0. The first kappa shape index (κ1) is 28.2. The molecule has 1 aromatic carbocycles. The second-order valence-electron chi connectivity index (χ2n) is 12.9. The van der Waals surface area contributed by atoms with Crippen LogP contribution in [0.4, 0.5) is 0 Å². The Hall–Kier alpha value is -3.33. The summed E-state index contributed by atoms with van der Waals surface area (Å²) in [6.07, 6.45) is 9.63. The Bertz CT molecular complexity index is 1220. The Morgan fingerprint density at radius 2 is 1.85 bits per heavy atom. The summed E-state index contributed by atoms with van der Waals surface area (Å²) in [5, 5.41) is 21.6.